The van der Waals surface area contributed by atoms with Crippen LogP contribution in [0.1, 0.15) is 26.2 Å². The molecular weight excluding hydrogens is 222 g/mol. The molecule has 1 fully saturated rings. The van der Waals surface area contributed by atoms with Gasteiger partial charge in [0, 0.05) is 20.2 Å². The summed E-state index contributed by atoms with van der Waals surface area (Å²) in [6.45, 7) is 1.74. The van der Waals surface area contributed by atoms with E-state index in [4.69, 9.17) is 4.74 Å². The second-order valence-electron chi connectivity index (χ2n) is 4.27. The number of hydrogen-bond acceptors (Lipinski definition) is 4. The van der Waals surface area contributed by atoms with Crippen molar-refractivity contribution >= 4 is 11.9 Å². The molecule has 0 aliphatic heterocycles. The van der Waals surface area contributed by atoms with Crippen LogP contribution in [0.5, 0.6) is 0 Å². The van der Waals surface area contributed by atoms with E-state index in [0.29, 0.717) is 0 Å². The molecule has 0 heterocycles. The van der Waals surface area contributed by atoms with E-state index in [0.717, 1.165) is 19.3 Å². The molecule has 3 amide bonds. The number of carbonyl (C=O) groups excluding carboxylic acids is 2. The molecule has 0 radical (unpaired) electrons. The summed E-state index contributed by atoms with van der Waals surface area (Å²) in [6, 6.07) is -0.711. The maximum Gasteiger partial charge on any atom is 0.321 e. The second-order valence-corrected chi connectivity index (χ2v) is 4.27. The Kier molecular flexibility index (Phi) is 5.37. The molecule has 1 saturated carbocycles. The largest absolute Gasteiger partial charge is 0.380 e. The first-order valence-electron chi connectivity index (χ1n) is 5.90. The number of methoxy groups -OCH3 is 1. The summed E-state index contributed by atoms with van der Waals surface area (Å²) in [6.07, 6.45) is 3.26. The predicted molar refractivity (Wildman–Crippen MR) is 63.6 cm³/mol. The van der Waals surface area contributed by atoms with Crippen LogP contribution in [0.2, 0.25) is 0 Å². The van der Waals surface area contributed by atoms with E-state index < -0.39 is 12.1 Å². The van der Waals surface area contributed by atoms with Crippen molar-refractivity contribution in [1.29, 1.82) is 0 Å². The van der Waals surface area contributed by atoms with Crippen molar-refractivity contribution in [2.75, 3.05) is 14.2 Å². The van der Waals surface area contributed by atoms with Gasteiger partial charge >= 0.3 is 6.03 Å². The third kappa shape index (κ3) is 3.98. The maximum atomic E-state index is 11.6. The van der Waals surface area contributed by atoms with Gasteiger partial charge < -0.3 is 15.4 Å². The lowest BCUT2D eigenvalue weighted by molar-refractivity contribution is -0.122. The molecule has 98 valence electrons. The van der Waals surface area contributed by atoms with Gasteiger partial charge in [-0.3, -0.25) is 10.1 Å². The van der Waals surface area contributed by atoms with Crippen LogP contribution in [0.3, 0.4) is 0 Å². The number of rotatable bonds is 4. The zero-order chi connectivity index (χ0) is 12.8. The Morgan fingerprint density at radius 1 is 1.35 bits per heavy atom. The van der Waals surface area contributed by atoms with Crippen molar-refractivity contribution in [3.63, 3.8) is 0 Å². The van der Waals surface area contributed by atoms with E-state index in [1.54, 1.807) is 14.0 Å². The zero-order valence-corrected chi connectivity index (χ0v) is 10.6. The highest BCUT2D eigenvalue weighted by Crippen LogP contribution is 2.21. The molecule has 6 heteroatoms. The van der Waals surface area contributed by atoms with E-state index in [2.05, 4.69) is 16.0 Å². The Hall–Kier alpha value is -1.14. The standard InChI is InChI=1S/C11H21N3O3/c1-7(10(15)14-11(16)12-2)13-8-5-4-6-9(8)17-3/h7-9,13H,4-6H2,1-3H3,(H2,12,14,15,16). The summed E-state index contributed by atoms with van der Waals surface area (Å²) in [5.74, 6) is -0.328. The summed E-state index contributed by atoms with van der Waals surface area (Å²) in [7, 11) is 3.15. The van der Waals surface area contributed by atoms with Gasteiger partial charge in [0.15, 0.2) is 0 Å². The average Bonchev–Trinajstić information content (AvgIpc) is 2.75. The first-order chi connectivity index (χ1) is 8.08. The van der Waals surface area contributed by atoms with Gasteiger partial charge in [-0.25, -0.2) is 4.79 Å². The number of ether oxygens (including phenoxy) is 1. The molecule has 3 N–H and O–H groups in total. The monoisotopic (exact) mass is 243 g/mol. The molecule has 0 saturated heterocycles. The Bertz CT molecular complexity index is 283. The minimum Gasteiger partial charge on any atom is -0.380 e. The Balaban J connectivity index is 2.40. The van der Waals surface area contributed by atoms with Crippen LogP contribution in [0.15, 0.2) is 0 Å². The Morgan fingerprint density at radius 3 is 2.65 bits per heavy atom. The fourth-order valence-electron chi connectivity index (χ4n) is 2.08. The van der Waals surface area contributed by atoms with Crippen LogP contribution in [0, 0.1) is 0 Å². The number of imide groups is 1. The number of urea groups is 1. The van der Waals surface area contributed by atoms with E-state index in [9.17, 15) is 9.59 Å². The molecule has 1 aliphatic carbocycles. The van der Waals surface area contributed by atoms with Gasteiger partial charge in [0.2, 0.25) is 5.91 Å². The van der Waals surface area contributed by atoms with Gasteiger partial charge in [-0.15, -0.1) is 0 Å². The summed E-state index contributed by atoms with van der Waals surface area (Å²) < 4.78 is 5.33. The quantitative estimate of drug-likeness (QED) is 0.648. The highest BCUT2D eigenvalue weighted by atomic mass is 16.5. The van der Waals surface area contributed by atoms with Gasteiger partial charge in [-0.2, -0.15) is 0 Å². The summed E-state index contributed by atoms with van der Waals surface area (Å²) in [5, 5.41) is 7.78. The minimum absolute atomic E-state index is 0.158. The van der Waals surface area contributed by atoms with Crippen LogP contribution in [0.25, 0.3) is 0 Å². The molecular formula is C11H21N3O3. The van der Waals surface area contributed by atoms with E-state index in [1.165, 1.54) is 7.05 Å². The number of carbonyl (C=O) groups is 2. The molecule has 3 unspecified atom stereocenters. The number of hydrogen-bond donors (Lipinski definition) is 3. The average molecular weight is 243 g/mol. The smallest absolute Gasteiger partial charge is 0.321 e. The van der Waals surface area contributed by atoms with Gasteiger partial charge in [0.1, 0.15) is 0 Å². The maximum absolute atomic E-state index is 11.6. The Morgan fingerprint density at radius 2 is 2.06 bits per heavy atom. The Labute approximate surface area is 101 Å². The van der Waals surface area contributed by atoms with Crippen molar-refractivity contribution in [2.24, 2.45) is 0 Å². The SMILES string of the molecule is CNC(=O)NC(=O)C(C)NC1CCCC1OC. The first kappa shape index (κ1) is 13.9. The lowest BCUT2D eigenvalue weighted by atomic mass is 10.2. The van der Waals surface area contributed by atoms with Crippen molar-refractivity contribution in [1.82, 2.24) is 16.0 Å². The first-order valence-corrected chi connectivity index (χ1v) is 5.90. The van der Waals surface area contributed by atoms with Crippen LogP contribution < -0.4 is 16.0 Å². The molecule has 6 nitrogen and oxygen atoms in total. The van der Waals surface area contributed by atoms with Crippen molar-refractivity contribution in [3.05, 3.63) is 0 Å². The van der Waals surface area contributed by atoms with E-state index in [-0.39, 0.29) is 18.1 Å². The van der Waals surface area contributed by atoms with E-state index in [1.807, 2.05) is 0 Å². The molecule has 0 aromatic heterocycles. The summed E-state index contributed by atoms with van der Waals surface area (Å²) >= 11 is 0. The fourth-order valence-corrected chi connectivity index (χ4v) is 2.08. The van der Waals surface area contributed by atoms with Crippen molar-refractivity contribution < 1.29 is 14.3 Å². The number of amides is 3. The molecule has 1 aliphatic rings. The lowest BCUT2D eigenvalue weighted by Gasteiger charge is -2.23. The molecule has 0 aromatic carbocycles. The van der Waals surface area contributed by atoms with Gasteiger partial charge in [0.05, 0.1) is 12.1 Å². The van der Waals surface area contributed by atoms with E-state index >= 15 is 0 Å². The van der Waals surface area contributed by atoms with Gasteiger partial charge in [-0.1, -0.05) is 0 Å². The molecule has 3 atom stereocenters. The third-order valence-electron chi connectivity index (χ3n) is 3.08. The van der Waals surface area contributed by atoms with Crippen molar-refractivity contribution in [2.45, 2.75) is 44.4 Å². The van der Waals surface area contributed by atoms with Crippen LogP contribution in [-0.4, -0.2) is 44.3 Å². The highest BCUT2D eigenvalue weighted by molar-refractivity contribution is 5.96. The second kappa shape index (κ2) is 6.56. The molecule has 1 rings (SSSR count). The molecule has 17 heavy (non-hydrogen) atoms. The van der Waals surface area contributed by atoms with Crippen LogP contribution >= 0.6 is 0 Å². The summed E-state index contributed by atoms with van der Waals surface area (Å²) in [5.41, 5.74) is 0. The van der Waals surface area contributed by atoms with Gasteiger partial charge in [0.25, 0.3) is 0 Å². The fraction of sp³-hybridized carbons (Fsp3) is 0.818. The van der Waals surface area contributed by atoms with Crippen molar-refractivity contribution in [3.8, 4) is 0 Å². The summed E-state index contributed by atoms with van der Waals surface area (Å²) in [4.78, 5) is 22.6. The minimum atomic E-state index is -0.488. The van der Waals surface area contributed by atoms with Crippen LogP contribution in [0.4, 0.5) is 4.79 Å². The molecule has 0 bridgehead atoms. The highest BCUT2D eigenvalue weighted by Gasteiger charge is 2.29. The van der Waals surface area contributed by atoms with Crippen LogP contribution in [-0.2, 0) is 9.53 Å². The topological polar surface area (TPSA) is 79.5 Å². The third-order valence-corrected chi connectivity index (χ3v) is 3.08. The lowest BCUT2D eigenvalue weighted by Crippen LogP contribution is -2.51. The normalized spacial score (nSPS) is 25.4. The molecule has 0 spiro atoms. The number of nitrogens with one attached hydrogen (secondary N) is 3. The van der Waals surface area contributed by atoms with Gasteiger partial charge in [-0.05, 0) is 26.2 Å². The zero-order valence-electron chi connectivity index (χ0n) is 10.6. The predicted octanol–water partition coefficient (Wildman–Crippen LogP) is -0.0124. The molecule has 0 aromatic rings.